The summed E-state index contributed by atoms with van der Waals surface area (Å²) in [5.41, 5.74) is 1.83. The Morgan fingerprint density at radius 3 is 2.52 bits per heavy atom. The number of rotatable bonds is 6. The number of nitrogens with one attached hydrogen (secondary N) is 1. The van der Waals surface area contributed by atoms with Gasteiger partial charge in [-0.25, -0.2) is 4.39 Å². The van der Waals surface area contributed by atoms with Crippen molar-refractivity contribution >= 4 is 17.7 Å². The number of amides is 1. The van der Waals surface area contributed by atoms with E-state index in [0.717, 1.165) is 5.56 Å². The topological polar surface area (TPSA) is 82.3 Å². The molecule has 3 aromatic carbocycles. The Morgan fingerprint density at radius 2 is 1.83 bits per heavy atom. The number of benzene rings is 3. The second kappa shape index (κ2) is 9.20. The molecule has 0 aliphatic carbocycles. The Labute approximate surface area is 167 Å². The van der Waals surface area contributed by atoms with E-state index in [9.17, 15) is 19.6 Å². The predicted molar refractivity (Wildman–Crippen MR) is 108 cm³/mol. The van der Waals surface area contributed by atoms with Gasteiger partial charge in [-0.2, -0.15) is 5.26 Å². The number of nitriles is 1. The smallest absolute Gasteiger partial charge is 0.266 e. The second-order valence-electron chi connectivity index (χ2n) is 6.16. The van der Waals surface area contributed by atoms with Crippen molar-refractivity contribution in [2.45, 2.75) is 6.61 Å². The molecule has 0 saturated heterocycles. The third-order valence-electron chi connectivity index (χ3n) is 3.98. The minimum Gasteiger partial charge on any atom is -0.508 e. The molecule has 1 amide bonds. The minimum absolute atomic E-state index is 0.0752. The number of carbonyl (C=O) groups excluding carboxylic acids is 1. The van der Waals surface area contributed by atoms with Crippen LogP contribution in [0.25, 0.3) is 6.08 Å². The number of carbonyl (C=O) groups is 1. The van der Waals surface area contributed by atoms with Crippen LogP contribution in [0.5, 0.6) is 11.5 Å². The SMILES string of the molecule is N#CC(=Cc1cccc(OCc2ccc(F)cc2)c1)C(=O)Nc1ccc(O)cc1. The van der Waals surface area contributed by atoms with Crippen molar-refractivity contribution in [3.8, 4) is 17.6 Å². The van der Waals surface area contributed by atoms with Gasteiger partial charge < -0.3 is 15.2 Å². The Hall–Kier alpha value is -4.11. The molecule has 0 unspecified atom stereocenters. The fourth-order valence-electron chi connectivity index (χ4n) is 2.50. The molecule has 0 spiro atoms. The van der Waals surface area contributed by atoms with E-state index in [0.29, 0.717) is 17.0 Å². The maximum Gasteiger partial charge on any atom is 0.266 e. The highest BCUT2D eigenvalue weighted by atomic mass is 19.1. The Bertz CT molecular complexity index is 1070. The monoisotopic (exact) mass is 388 g/mol. The lowest BCUT2D eigenvalue weighted by atomic mass is 10.1. The van der Waals surface area contributed by atoms with E-state index < -0.39 is 5.91 Å². The fraction of sp³-hybridized carbons (Fsp3) is 0.0435. The Kier molecular flexibility index (Phi) is 6.23. The summed E-state index contributed by atoms with van der Waals surface area (Å²) < 4.78 is 18.7. The summed E-state index contributed by atoms with van der Waals surface area (Å²) in [6.07, 6.45) is 1.46. The highest BCUT2D eigenvalue weighted by molar-refractivity contribution is 6.09. The van der Waals surface area contributed by atoms with Crippen molar-refractivity contribution in [1.82, 2.24) is 0 Å². The summed E-state index contributed by atoms with van der Waals surface area (Å²) in [6.45, 7) is 0.264. The summed E-state index contributed by atoms with van der Waals surface area (Å²) in [6, 6.07) is 20.8. The second-order valence-corrected chi connectivity index (χ2v) is 6.16. The van der Waals surface area contributed by atoms with E-state index in [2.05, 4.69) is 5.32 Å². The van der Waals surface area contributed by atoms with Crippen molar-refractivity contribution in [2.75, 3.05) is 5.32 Å². The van der Waals surface area contributed by atoms with Crippen LogP contribution < -0.4 is 10.1 Å². The number of anilines is 1. The van der Waals surface area contributed by atoms with E-state index in [1.807, 2.05) is 6.07 Å². The van der Waals surface area contributed by atoms with Crippen LogP contribution in [0, 0.1) is 17.1 Å². The normalized spacial score (nSPS) is 10.8. The van der Waals surface area contributed by atoms with Crippen molar-refractivity contribution in [3.63, 3.8) is 0 Å². The van der Waals surface area contributed by atoms with Crippen molar-refractivity contribution in [1.29, 1.82) is 5.26 Å². The van der Waals surface area contributed by atoms with Crippen LogP contribution in [0.3, 0.4) is 0 Å². The molecule has 3 rings (SSSR count). The molecule has 3 aromatic rings. The molecule has 0 atom stereocenters. The first kappa shape index (κ1) is 19.6. The number of hydrogen-bond acceptors (Lipinski definition) is 4. The van der Waals surface area contributed by atoms with E-state index in [4.69, 9.17) is 4.74 Å². The Morgan fingerprint density at radius 1 is 1.10 bits per heavy atom. The highest BCUT2D eigenvalue weighted by Gasteiger charge is 2.10. The molecule has 0 radical (unpaired) electrons. The summed E-state index contributed by atoms with van der Waals surface area (Å²) in [7, 11) is 0. The number of phenols is 1. The summed E-state index contributed by atoms with van der Waals surface area (Å²) >= 11 is 0. The van der Waals surface area contributed by atoms with E-state index in [1.165, 1.54) is 42.5 Å². The fourth-order valence-corrected chi connectivity index (χ4v) is 2.50. The van der Waals surface area contributed by atoms with Crippen LogP contribution in [0.15, 0.2) is 78.4 Å². The van der Waals surface area contributed by atoms with Gasteiger partial charge in [0, 0.05) is 5.69 Å². The number of hydrogen-bond donors (Lipinski definition) is 2. The van der Waals surface area contributed by atoms with Gasteiger partial charge in [0.05, 0.1) is 0 Å². The summed E-state index contributed by atoms with van der Waals surface area (Å²) in [5.74, 6) is -0.234. The van der Waals surface area contributed by atoms with Gasteiger partial charge in [-0.05, 0) is 65.7 Å². The first-order chi connectivity index (χ1) is 14.0. The van der Waals surface area contributed by atoms with Crippen LogP contribution in [0.1, 0.15) is 11.1 Å². The molecule has 0 aromatic heterocycles. The van der Waals surface area contributed by atoms with Crippen molar-refractivity contribution < 1.29 is 19.0 Å². The lowest BCUT2D eigenvalue weighted by Crippen LogP contribution is -2.13. The Balaban J connectivity index is 1.69. The average molecular weight is 388 g/mol. The minimum atomic E-state index is -0.559. The zero-order valence-corrected chi connectivity index (χ0v) is 15.3. The average Bonchev–Trinajstić information content (AvgIpc) is 2.73. The zero-order valence-electron chi connectivity index (χ0n) is 15.3. The van der Waals surface area contributed by atoms with Crippen molar-refractivity contribution in [3.05, 3.63) is 95.3 Å². The van der Waals surface area contributed by atoms with Crippen molar-refractivity contribution in [2.24, 2.45) is 0 Å². The van der Waals surface area contributed by atoms with Crippen LogP contribution in [0.2, 0.25) is 0 Å². The third kappa shape index (κ3) is 5.68. The molecule has 0 bridgehead atoms. The van der Waals surface area contributed by atoms with E-state index in [-0.39, 0.29) is 23.7 Å². The summed E-state index contributed by atoms with van der Waals surface area (Å²) in [5, 5.41) is 21.2. The van der Waals surface area contributed by atoms with E-state index >= 15 is 0 Å². The lowest BCUT2D eigenvalue weighted by Gasteiger charge is -2.08. The molecule has 2 N–H and O–H groups in total. The number of halogens is 1. The molecule has 0 aliphatic rings. The number of aromatic hydroxyl groups is 1. The van der Waals surface area contributed by atoms with Gasteiger partial charge in [0.25, 0.3) is 5.91 Å². The molecule has 0 saturated carbocycles. The van der Waals surface area contributed by atoms with Crippen LogP contribution in [-0.2, 0) is 11.4 Å². The van der Waals surface area contributed by atoms with Gasteiger partial charge in [0.1, 0.15) is 35.6 Å². The van der Waals surface area contributed by atoms with Gasteiger partial charge in [0.2, 0.25) is 0 Å². The first-order valence-corrected chi connectivity index (χ1v) is 8.73. The molecule has 0 heterocycles. The van der Waals surface area contributed by atoms with Crippen LogP contribution >= 0.6 is 0 Å². The maximum atomic E-state index is 13.0. The largest absolute Gasteiger partial charge is 0.508 e. The summed E-state index contributed by atoms with van der Waals surface area (Å²) in [4.78, 5) is 12.3. The molecular weight excluding hydrogens is 371 g/mol. The molecule has 144 valence electrons. The molecule has 0 aliphatic heterocycles. The number of phenolic OH excluding ortho intramolecular Hbond substituents is 1. The van der Waals surface area contributed by atoms with Gasteiger partial charge in [-0.1, -0.05) is 24.3 Å². The molecular formula is C23H17FN2O3. The molecule has 5 nitrogen and oxygen atoms in total. The molecule has 6 heteroatoms. The van der Waals surface area contributed by atoms with Crippen LogP contribution in [-0.4, -0.2) is 11.0 Å². The standard InChI is InChI=1S/C23H17FN2O3/c24-19-6-4-16(5-7-19)15-29-22-3-1-2-17(13-22)12-18(14-25)23(28)26-20-8-10-21(27)11-9-20/h1-13,27H,15H2,(H,26,28). The highest BCUT2D eigenvalue weighted by Crippen LogP contribution is 2.19. The quantitative estimate of drug-likeness (QED) is 0.366. The van der Waals surface area contributed by atoms with E-state index in [1.54, 1.807) is 36.4 Å². The molecule has 0 fully saturated rings. The van der Waals surface area contributed by atoms with Gasteiger partial charge in [0.15, 0.2) is 0 Å². The predicted octanol–water partition coefficient (Wildman–Crippen LogP) is 4.66. The number of nitrogens with zero attached hydrogens (tertiary/aromatic N) is 1. The third-order valence-corrected chi connectivity index (χ3v) is 3.98. The number of ether oxygens (including phenoxy) is 1. The maximum absolute atomic E-state index is 13.0. The van der Waals surface area contributed by atoms with Crippen LogP contribution in [0.4, 0.5) is 10.1 Å². The lowest BCUT2D eigenvalue weighted by molar-refractivity contribution is -0.112. The van der Waals surface area contributed by atoms with Gasteiger partial charge in [-0.3, -0.25) is 4.79 Å². The molecule has 29 heavy (non-hydrogen) atoms. The van der Waals surface area contributed by atoms with Gasteiger partial charge >= 0.3 is 0 Å². The van der Waals surface area contributed by atoms with Gasteiger partial charge in [-0.15, -0.1) is 0 Å². The zero-order chi connectivity index (χ0) is 20.6. The first-order valence-electron chi connectivity index (χ1n) is 8.73.